The van der Waals surface area contributed by atoms with E-state index in [0.29, 0.717) is 33.8 Å². The first-order valence-corrected chi connectivity index (χ1v) is 10.3. The van der Waals surface area contributed by atoms with Crippen LogP contribution in [0.25, 0.3) is 0 Å². The van der Waals surface area contributed by atoms with E-state index in [-0.39, 0.29) is 13.2 Å². The van der Waals surface area contributed by atoms with Crippen molar-refractivity contribution < 1.29 is 29.7 Å². The quantitative estimate of drug-likeness (QED) is 0.203. The van der Waals surface area contributed by atoms with E-state index in [0.717, 1.165) is 0 Å². The normalized spacial score (nSPS) is 9.33. The topological polar surface area (TPSA) is 268 Å². The Kier molecular flexibility index (Phi) is 14.7. The van der Waals surface area contributed by atoms with Crippen LogP contribution >= 0.6 is 0 Å². The fraction of sp³-hybridized carbons (Fsp3) is 0.125. The van der Waals surface area contributed by atoms with E-state index < -0.39 is 23.8 Å². The van der Waals surface area contributed by atoms with Gasteiger partial charge in [0, 0.05) is 33.8 Å². The van der Waals surface area contributed by atoms with Crippen molar-refractivity contribution in [2.45, 2.75) is 6.10 Å². The molecular weight excluding hydrogens is 468 g/mol. The molecule has 0 atom stereocenters. The van der Waals surface area contributed by atoms with Crippen LogP contribution in [0.3, 0.4) is 0 Å². The van der Waals surface area contributed by atoms with Gasteiger partial charge in [-0.1, -0.05) is 0 Å². The lowest BCUT2D eigenvalue weighted by molar-refractivity contribution is 0.0450. The van der Waals surface area contributed by atoms with Crippen molar-refractivity contribution in [3.05, 3.63) is 89.5 Å². The zero-order valence-electron chi connectivity index (χ0n) is 19.5. The molecule has 0 aliphatic rings. The number of hydrogen-bond acceptors (Lipinski definition) is 9. The van der Waals surface area contributed by atoms with Gasteiger partial charge >= 0.3 is 0 Å². The highest BCUT2D eigenvalue weighted by molar-refractivity contribution is 5.93. The van der Waals surface area contributed by atoms with Crippen molar-refractivity contribution in [3.8, 4) is 0 Å². The van der Waals surface area contributed by atoms with Crippen LogP contribution in [0.1, 0.15) is 31.1 Å². The maximum absolute atomic E-state index is 10.5. The van der Waals surface area contributed by atoms with Crippen molar-refractivity contribution in [1.29, 1.82) is 0 Å². The first-order valence-electron chi connectivity index (χ1n) is 10.3. The number of carbonyl (C=O) groups excluding carboxylic acids is 3. The summed E-state index contributed by atoms with van der Waals surface area (Å²) < 4.78 is 0. The summed E-state index contributed by atoms with van der Waals surface area (Å²) in [5, 5.41) is 24.0. The van der Waals surface area contributed by atoms with Crippen LogP contribution in [0, 0.1) is 0 Å². The highest BCUT2D eigenvalue weighted by atomic mass is 16.3. The summed E-state index contributed by atoms with van der Waals surface area (Å²) >= 11 is 0. The summed E-state index contributed by atoms with van der Waals surface area (Å²) in [5.41, 5.74) is 34.4. The molecule has 0 spiro atoms. The number of aliphatic hydroxyl groups is 3. The minimum Gasteiger partial charge on any atom is -0.399 e. The molecule has 0 unspecified atom stereocenters. The predicted molar refractivity (Wildman–Crippen MR) is 138 cm³/mol. The fourth-order valence-corrected chi connectivity index (χ4v) is 2.00. The number of aliphatic hydroxyl groups excluding tert-OH is 3. The molecule has 12 nitrogen and oxygen atoms in total. The van der Waals surface area contributed by atoms with E-state index in [1.165, 1.54) is 0 Å². The van der Waals surface area contributed by atoms with Crippen molar-refractivity contribution in [1.82, 2.24) is 0 Å². The number of anilines is 3. The summed E-state index contributed by atoms with van der Waals surface area (Å²) in [7, 11) is 0. The zero-order chi connectivity index (χ0) is 27.7. The molecule has 3 rings (SSSR count). The van der Waals surface area contributed by atoms with Crippen molar-refractivity contribution in [3.63, 3.8) is 0 Å². The number of rotatable bonds is 5. The van der Waals surface area contributed by atoms with Gasteiger partial charge in [0.05, 0.1) is 13.2 Å². The Morgan fingerprint density at radius 2 is 0.722 bits per heavy atom. The Balaban J connectivity index is 0.000000462. The number of amides is 3. The number of nitrogen functional groups attached to an aromatic ring is 3. The van der Waals surface area contributed by atoms with Crippen LogP contribution in [0.4, 0.5) is 17.1 Å². The van der Waals surface area contributed by atoms with Crippen LogP contribution in [0.2, 0.25) is 0 Å². The smallest absolute Gasteiger partial charge is 0.248 e. The summed E-state index contributed by atoms with van der Waals surface area (Å²) in [6.45, 7) is -0.729. The molecule has 0 fully saturated rings. The molecule has 0 saturated carbocycles. The second-order valence-electron chi connectivity index (χ2n) is 6.98. The summed E-state index contributed by atoms with van der Waals surface area (Å²) in [6.07, 6.45) is -0.954. The Morgan fingerprint density at radius 1 is 0.528 bits per heavy atom. The van der Waals surface area contributed by atoms with Crippen LogP contribution in [-0.2, 0) is 0 Å². The molecule has 0 saturated heterocycles. The molecule has 0 heterocycles. The largest absolute Gasteiger partial charge is 0.399 e. The Morgan fingerprint density at radius 3 is 0.833 bits per heavy atom. The molecule has 36 heavy (non-hydrogen) atoms. The molecule has 0 aromatic heterocycles. The minimum absolute atomic E-state index is 0.365. The Bertz CT molecular complexity index is 938. The van der Waals surface area contributed by atoms with Gasteiger partial charge in [-0.25, -0.2) is 0 Å². The van der Waals surface area contributed by atoms with Crippen LogP contribution < -0.4 is 34.4 Å². The van der Waals surface area contributed by atoms with Gasteiger partial charge < -0.3 is 49.7 Å². The average molecular weight is 501 g/mol. The Labute approximate surface area is 208 Å². The van der Waals surface area contributed by atoms with E-state index in [1.807, 2.05) is 0 Å². The third-order valence-corrected chi connectivity index (χ3v) is 4.01. The van der Waals surface area contributed by atoms with Gasteiger partial charge in [0.1, 0.15) is 6.10 Å². The number of nitrogens with two attached hydrogens (primary N) is 6. The standard InChI is InChI=1S/3C7H8N2O.C3H8O3/c3*8-6-3-1-5(2-4-6)7(9)10;4-1-3(6)2-5/h3*1-4H,8H2,(H2,9,10);3-6H,1-2H2. The van der Waals surface area contributed by atoms with E-state index >= 15 is 0 Å². The zero-order valence-corrected chi connectivity index (χ0v) is 19.5. The monoisotopic (exact) mass is 500 g/mol. The molecule has 15 N–H and O–H groups in total. The number of hydrogen-bond donors (Lipinski definition) is 9. The minimum atomic E-state index is -0.954. The molecule has 194 valence electrons. The van der Waals surface area contributed by atoms with Gasteiger partial charge in [-0.05, 0) is 72.8 Å². The highest BCUT2D eigenvalue weighted by Crippen LogP contribution is 2.05. The van der Waals surface area contributed by atoms with Gasteiger partial charge in [0.2, 0.25) is 17.7 Å². The van der Waals surface area contributed by atoms with Crippen molar-refractivity contribution in [2.75, 3.05) is 30.4 Å². The summed E-state index contributed by atoms with van der Waals surface area (Å²) in [6, 6.07) is 19.4. The van der Waals surface area contributed by atoms with Gasteiger partial charge in [-0.15, -0.1) is 0 Å². The van der Waals surface area contributed by atoms with Gasteiger partial charge in [-0.2, -0.15) is 0 Å². The molecule has 12 heteroatoms. The van der Waals surface area contributed by atoms with Crippen LogP contribution in [-0.4, -0.2) is 52.4 Å². The summed E-state index contributed by atoms with van der Waals surface area (Å²) in [5.74, 6) is -1.29. The molecule has 0 radical (unpaired) electrons. The van der Waals surface area contributed by atoms with E-state index in [1.54, 1.807) is 72.8 Å². The molecule has 3 amide bonds. The number of benzene rings is 3. The van der Waals surface area contributed by atoms with E-state index in [4.69, 9.17) is 49.7 Å². The lowest BCUT2D eigenvalue weighted by atomic mass is 10.2. The maximum atomic E-state index is 10.5. The van der Waals surface area contributed by atoms with Gasteiger partial charge in [-0.3, -0.25) is 14.4 Å². The first kappa shape index (κ1) is 31.4. The SMILES string of the molecule is NC(=O)c1ccc(N)cc1.NC(=O)c1ccc(N)cc1.NC(=O)c1ccc(N)cc1.OCC(O)CO. The molecule has 0 aliphatic carbocycles. The van der Waals surface area contributed by atoms with Gasteiger partial charge in [0.25, 0.3) is 0 Å². The third-order valence-electron chi connectivity index (χ3n) is 4.01. The van der Waals surface area contributed by atoms with Crippen LogP contribution in [0.15, 0.2) is 72.8 Å². The maximum Gasteiger partial charge on any atom is 0.248 e. The fourth-order valence-electron chi connectivity index (χ4n) is 2.00. The second kappa shape index (κ2) is 16.9. The second-order valence-corrected chi connectivity index (χ2v) is 6.98. The average Bonchev–Trinajstić information content (AvgIpc) is 2.85. The van der Waals surface area contributed by atoms with E-state index in [9.17, 15) is 14.4 Å². The van der Waals surface area contributed by atoms with Gasteiger partial charge in [0.15, 0.2) is 0 Å². The molecule has 3 aromatic rings. The number of primary amides is 3. The molecule has 0 aliphatic heterocycles. The number of carbonyl (C=O) groups is 3. The van der Waals surface area contributed by atoms with Crippen LogP contribution in [0.5, 0.6) is 0 Å². The lowest BCUT2D eigenvalue weighted by Gasteiger charge is -1.96. The molecular formula is C24H32N6O6. The predicted octanol–water partition coefficient (Wildman–Crippen LogP) is -0.565. The van der Waals surface area contributed by atoms with Crippen molar-refractivity contribution in [2.24, 2.45) is 17.2 Å². The first-order chi connectivity index (χ1) is 16.9. The van der Waals surface area contributed by atoms with E-state index in [2.05, 4.69) is 0 Å². The Hall–Kier alpha value is -4.65. The summed E-state index contributed by atoms with van der Waals surface area (Å²) in [4.78, 5) is 31.5. The lowest BCUT2D eigenvalue weighted by Crippen LogP contribution is -2.15. The third kappa shape index (κ3) is 13.8. The molecule has 3 aromatic carbocycles. The van der Waals surface area contributed by atoms with Crippen molar-refractivity contribution >= 4 is 34.8 Å². The molecule has 0 bridgehead atoms. The highest BCUT2D eigenvalue weighted by Gasteiger charge is 1.98.